The van der Waals surface area contributed by atoms with Crippen LogP contribution >= 0.6 is 30.8 Å². The van der Waals surface area contributed by atoms with Crippen LogP contribution in [0.1, 0.15) is 11.6 Å². The van der Waals surface area contributed by atoms with Gasteiger partial charge >= 0.3 is 24.8 Å². The van der Waals surface area contributed by atoms with E-state index in [2.05, 4.69) is 4.52 Å². The molecule has 2 rings (SSSR count). The second kappa shape index (κ2) is 9.70. The van der Waals surface area contributed by atoms with E-state index >= 15 is 0 Å². The predicted molar refractivity (Wildman–Crippen MR) is 84.1 cm³/mol. The van der Waals surface area contributed by atoms with Crippen molar-refractivity contribution in [3.63, 3.8) is 0 Å². The van der Waals surface area contributed by atoms with E-state index in [9.17, 15) is 14.3 Å². The van der Waals surface area contributed by atoms with Crippen molar-refractivity contribution in [3.8, 4) is 5.75 Å². The van der Waals surface area contributed by atoms with Crippen molar-refractivity contribution in [1.29, 1.82) is 0 Å². The average Bonchev–Trinajstić information content (AvgIpc) is 3.05. The molecule has 0 saturated carbocycles. The van der Waals surface area contributed by atoms with Gasteiger partial charge in [0.15, 0.2) is 20.0 Å². The maximum absolute atomic E-state index is 11.9. The molecule has 0 aliphatic rings. The van der Waals surface area contributed by atoms with Crippen LogP contribution in [0.15, 0.2) is 41.0 Å². The summed E-state index contributed by atoms with van der Waals surface area (Å²) in [5.41, 5.74) is 0. The molecule has 25 heavy (non-hydrogen) atoms. The van der Waals surface area contributed by atoms with Crippen molar-refractivity contribution >= 4 is 36.8 Å². The predicted octanol–water partition coefficient (Wildman–Crippen LogP) is 0.411. The molecule has 2 unspecified atom stereocenters. The van der Waals surface area contributed by atoms with Crippen molar-refractivity contribution in [2.24, 2.45) is 0 Å². The molecule has 7 nitrogen and oxygen atoms in total. The number of hydrogen-bond acceptors (Lipinski definition) is 7. The van der Waals surface area contributed by atoms with Gasteiger partial charge in [0.05, 0.1) is 11.3 Å². The van der Waals surface area contributed by atoms with Crippen molar-refractivity contribution in [2.45, 2.75) is 5.85 Å². The van der Waals surface area contributed by atoms with Crippen LogP contribution in [0.5, 0.6) is 5.75 Å². The number of ether oxygens (including phenoxy) is 2. The van der Waals surface area contributed by atoms with Crippen LogP contribution in [0.3, 0.4) is 0 Å². The van der Waals surface area contributed by atoms with E-state index in [4.69, 9.17) is 37.1 Å². The van der Waals surface area contributed by atoms with Crippen molar-refractivity contribution < 1.29 is 51.5 Å². The third kappa shape index (κ3) is 6.09. The first kappa shape index (κ1) is 22.1. The minimum absolute atomic E-state index is 0. The minimum Gasteiger partial charge on any atom is -0.776 e. The summed E-state index contributed by atoms with van der Waals surface area (Å²) in [4.78, 5) is 23.8. The first-order valence-electron chi connectivity index (χ1n) is 6.50. The number of rotatable bonds is 7. The van der Waals surface area contributed by atoms with E-state index in [0.29, 0.717) is 5.02 Å². The molecule has 0 aliphatic carbocycles. The maximum Gasteiger partial charge on any atom is 1.00 e. The number of hydrogen-bond donors (Lipinski definition) is 0. The van der Waals surface area contributed by atoms with Gasteiger partial charge in [0.1, 0.15) is 5.75 Å². The Kier molecular flexibility index (Phi) is 8.59. The van der Waals surface area contributed by atoms with Crippen molar-refractivity contribution in [2.75, 3.05) is 13.7 Å². The fourth-order valence-corrected chi connectivity index (χ4v) is 3.05. The summed E-state index contributed by atoms with van der Waals surface area (Å²) < 4.78 is 31.4. The van der Waals surface area contributed by atoms with Crippen LogP contribution in [0.4, 0.5) is 0 Å². The molecule has 0 saturated heterocycles. The molecule has 0 bridgehead atoms. The number of furan rings is 1. The Hall–Kier alpha value is -0.903. The van der Waals surface area contributed by atoms with Gasteiger partial charge in [0.2, 0.25) is 5.85 Å². The molecule has 0 fully saturated rings. The summed E-state index contributed by atoms with van der Waals surface area (Å²) >= 11 is 11.7. The third-order valence-corrected chi connectivity index (χ3v) is 4.78. The fourth-order valence-electron chi connectivity index (χ4n) is 1.69. The molecule has 0 N–H and O–H groups in total. The van der Waals surface area contributed by atoms with Gasteiger partial charge in [-0.2, -0.15) is 0 Å². The molecule has 2 atom stereocenters. The second-order valence-corrected chi connectivity index (χ2v) is 7.20. The Labute approximate surface area is 165 Å². The summed E-state index contributed by atoms with van der Waals surface area (Å²) in [5.74, 6) is -2.55. The number of benzene rings is 1. The number of carbonyl (C=O) groups excluding carboxylic acids is 1. The van der Waals surface area contributed by atoms with Gasteiger partial charge in [-0.05, 0) is 30.3 Å². The van der Waals surface area contributed by atoms with E-state index in [1.165, 1.54) is 36.6 Å². The first-order valence-corrected chi connectivity index (χ1v) is 8.87. The van der Waals surface area contributed by atoms with Crippen LogP contribution in [-0.4, -0.2) is 19.7 Å². The Morgan fingerprint density at radius 3 is 2.64 bits per heavy atom. The van der Waals surface area contributed by atoms with Crippen molar-refractivity contribution in [1.82, 2.24) is 0 Å². The molecule has 2 aromatic rings. The molecule has 1 aromatic carbocycles. The number of halogens is 2. The molecular weight excluding hydrogens is 389 g/mol. The van der Waals surface area contributed by atoms with Gasteiger partial charge in [-0.3, -0.25) is 0 Å². The summed E-state index contributed by atoms with van der Waals surface area (Å²) in [6.45, 7) is -0.567. The summed E-state index contributed by atoms with van der Waals surface area (Å²) in [6, 6.07) is 7.23. The molecular formula is C14H12Cl2LiO7P. The Morgan fingerprint density at radius 1 is 1.36 bits per heavy atom. The Balaban J connectivity index is 0.00000312. The summed E-state index contributed by atoms with van der Waals surface area (Å²) in [6.07, 6.45) is 1.25. The Bertz CT molecular complexity index is 754. The van der Waals surface area contributed by atoms with Gasteiger partial charge < -0.3 is 27.9 Å². The van der Waals surface area contributed by atoms with E-state index in [1.54, 1.807) is 0 Å². The van der Waals surface area contributed by atoms with E-state index in [0.717, 1.165) is 7.11 Å². The normalized spacial score (nSPS) is 14.1. The quantitative estimate of drug-likeness (QED) is 0.377. The van der Waals surface area contributed by atoms with Crippen LogP contribution in [0.25, 0.3) is 0 Å². The van der Waals surface area contributed by atoms with Crippen LogP contribution < -0.4 is 28.5 Å². The molecule has 1 aromatic heterocycles. The smallest absolute Gasteiger partial charge is 0.776 e. The van der Waals surface area contributed by atoms with E-state index in [1.807, 2.05) is 0 Å². The van der Waals surface area contributed by atoms with Crippen LogP contribution in [-0.2, 0) is 18.6 Å². The van der Waals surface area contributed by atoms with Gasteiger partial charge in [0, 0.05) is 12.1 Å². The number of carbonyl (C=O) groups is 1. The average molecular weight is 401 g/mol. The zero-order valence-corrected chi connectivity index (χ0v) is 15.7. The third-order valence-electron chi connectivity index (χ3n) is 2.81. The van der Waals surface area contributed by atoms with Gasteiger partial charge in [0.25, 0.3) is 0 Å². The van der Waals surface area contributed by atoms with Crippen LogP contribution in [0.2, 0.25) is 10.0 Å². The summed E-state index contributed by atoms with van der Waals surface area (Å²) in [5, 5.41) is 0.601. The van der Waals surface area contributed by atoms with E-state index < -0.39 is 26.0 Å². The standard InChI is InChI=1S/C14H13Cl2O7P.Li/c1-20-24(18,19)14(12-3-2-6-21-12)23-13(17)8-22-11-5-4-9(15)7-10(11)16;/h2-7,14H,8H2,1H3,(H,18,19);/q;+1/p-1. The zero-order valence-electron chi connectivity index (χ0n) is 13.3. The first-order chi connectivity index (χ1) is 11.3. The molecule has 0 aliphatic heterocycles. The fraction of sp³-hybridized carbons (Fsp3) is 0.214. The molecule has 11 heteroatoms. The monoisotopic (exact) mass is 400 g/mol. The molecule has 1 heterocycles. The van der Waals surface area contributed by atoms with Gasteiger partial charge in [-0.25, -0.2) is 4.79 Å². The van der Waals surface area contributed by atoms with E-state index in [-0.39, 0.29) is 35.4 Å². The van der Waals surface area contributed by atoms with Crippen LogP contribution in [0, 0.1) is 0 Å². The van der Waals surface area contributed by atoms with Crippen molar-refractivity contribution in [3.05, 3.63) is 52.4 Å². The molecule has 130 valence electrons. The number of esters is 1. The Morgan fingerprint density at radius 2 is 2.08 bits per heavy atom. The largest absolute Gasteiger partial charge is 1.00 e. The molecule has 0 spiro atoms. The van der Waals surface area contributed by atoms with Gasteiger partial charge in [-0.1, -0.05) is 23.2 Å². The second-order valence-electron chi connectivity index (χ2n) is 4.44. The zero-order chi connectivity index (χ0) is 17.7. The topological polar surface area (TPSA) is 98.0 Å². The SMILES string of the molecule is COP(=O)([O-])C(OC(=O)COc1ccc(Cl)cc1Cl)c1ccco1.[Li+]. The van der Waals surface area contributed by atoms with Gasteiger partial charge in [-0.15, -0.1) is 0 Å². The molecule has 0 radical (unpaired) electrons. The summed E-state index contributed by atoms with van der Waals surface area (Å²) in [7, 11) is -3.56. The minimum atomic E-state index is -4.52. The maximum atomic E-state index is 11.9. The molecule has 0 amide bonds.